The Balaban J connectivity index is 1.79. The summed E-state index contributed by atoms with van der Waals surface area (Å²) in [6.45, 7) is 8.41. The molecule has 1 amide bonds. The summed E-state index contributed by atoms with van der Waals surface area (Å²) >= 11 is 0. The van der Waals surface area contributed by atoms with Crippen LogP contribution in [0.1, 0.15) is 27.7 Å². The minimum Gasteiger partial charge on any atom is -0.491 e. The van der Waals surface area contributed by atoms with Gasteiger partial charge >= 0.3 is 6.09 Å². The average Bonchev–Trinajstić information content (AvgIpc) is 2.63. The van der Waals surface area contributed by atoms with Crippen LogP contribution in [0.3, 0.4) is 0 Å². The maximum absolute atomic E-state index is 11.6. The zero-order valence-electron chi connectivity index (χ0n) is 16.9. The largest absolute Gasteiger partial charge is 0.491 e. The summed E-state index contributed by atoms with van der Waals surface area (Å²) in [6.07, 6.45) is 0.858. The summed E-state index contributed by atoms with van der Waals surface area (Å²) in [5.41, 5.74) is 1.51. The zero-order valence-corrected chi connectivity index (χ0v) is 16.9. The van der Waals surface area contributed by atoms with Crippen molar-refractivity contribution in [3.63, 3.8) is 0 Å². The van der Waals surface area contributed by atoms with E-state index in [-0.39, 0.29) is 6.61 Å². The van der Waals surface area contributed by atoms with Crippen molar-refractivity contribution in [2.24, 2.45) is 0 Å². The number of amides is 1. The van der Waals surface area contributed by atoms with Crippen molar-refractivity contribution >= 4 is 11.9 Å². The van der Waals surface area contributed by atoms with Crippen molar-refractivity contribution in [3.05, 3.63) is 42.6 Å². The predicted octanol–water partition coefficient (Wildman–Crippen LogP) is 3.44. The van der Waals surface area contributed by atoms with E-state index in [1.54, 1.807) is 13.1 Å². The number of benzene rings is 1. The van der Waals surface area contributed by atoms with Gasteiger partial charge < -0.3 is 25.2 Å². The second-order valence-electron chi connectivity index (χ2n) is 7.47. The first-order chi connectivity index (χ1) is 13.2. The lowest BCUT2D eigenvalue weighted by Crippen LogP contribution is -2.35. The van der Waals surface area contributed by atoms with E-state index in [0.717, 1.165) is 16.9 Å². The fourth-order valence-electron chi connectivity index (χ4n) is 2.30. The molecule has 7 nitrogen and oxygen atoms in total. The average molecular weight is 387 g/mol. The number of aliphatic hydroxyl groups excluding tert-OH is 1. The first-order valence-electron chi connectivity index (χ1n) is 9.31. The minimum absolute atomic E-state index is 0.268. The highest BCUT2D eigenvalue weighted by Gasteiger charge is 2.15. The van der Waals surface area contributed by atoms with E-state index < -0.39 is 17.8 Å². The third kappa shape index (κ3) is 7.84. The molecule has 1 aromatic carbocycles. The van der Waals surface area contributed by atoms with Crippen LogP contribution >= 0.6 is 0 Å². The molecule has 2 aromatic rings. The molecule has 0 aliphatic heterocycles. The van der Waals surface area contributed by atoms with Crippen LogP contribution in [0, 0.1) is 0 Å². The van der Waals surface area contributed by atoms with Gasteiger partial charge in [-0.25, -0.2) is 9.78 Å². The molecule has 3 N–H and O–H groups in total. The van der Waals surface area contributed by atoms with E-state index in [2.05, 4.69) is 15.6 Å². The lowest BCUT2D eigenvalue weighted by atomic mass is 10.1. The monoisotopic (exact) mass is 387 g/mol. The third-order valence-electron chi connectivity index (χ3n) is 3.54. The van der Waals surface area contributed by atoms with Crippen LogP contribution in [-0.4, -0.2) is 47.6 Å². The Hall–Kier alpha value is -2.80. The van der Waals surface area contributed by atoms with Gasteiger partial charge in [0.1, 0.15) is 23.8 Å². The molecule has 0 spiro atoms. The lowest BCUT2D eigenvalue weighted by Gasteiger charge is -2.19. The molecule has 7 heteroatoms. The van der Waals surface area contributed by atoms with Gasteiger partial charge in [-0.05, 0) is 57.5 Å². The van der Waals surface area contributed by atoms with Crippen molar-refractivity contribution in [1.82, 2.24) is 10.3 Å². The first-order valence-corrected chi connectivity index (χ1v) is 9.31. The van der Waals surface area contributed by atoms with E-state index in [9.17, 15) is 9.90 Å². The van der Waals surface area contributed by atoms with Crippen LogP contribution in [0.2, 0.25) is 0 Å². The van der Waals surface area contributed by atoms with Gasteiger partial charge in [-0.2, -0.15) is 0 Å². The summed E-state index contributed by atoms with van der Waals surface area (Å²) in [5, 5.41) is 15.1. The van der Waals surface area contributed by atoms with Crippen molar-refractivity contribution in [2.45, 2.75) is 39.4 Å². The number of carbonyl (C=O) groups is 1. The summed E-state index contributed by atoms with van der Waals surface area (Å²) in [6, 6.07) is 11.5. The summed E-state index contributed by atoms with van der Waals surface area (Å²) in [5.74, 6) is 1.44. The molecule has 0 saturated carbocycles. The van der Waals surface area contributed by atoms with Crippen molar-refractivity contribution < 1.29 is 19.4 Å². The number of nitrogens with zero attached hydrogens (tertiary/aromatic N) is 1. The van der Waals surface area contributed by atoms with Crippen molar-refractivity contribution in [1.29, 1.82) is 0 Å². The zero-order chi connectivity index (χ0) is 20.6. The van der Waals surface area contributed by atoms with Crippen LogP contribution in [0.25, 0.3) is 11.1 Å². The number of rotatable bonds is 8. The predicted molar refractivity (Wildman–Crippen MR) is 110 cm³/mol. The molecule has 0 unspecified atom stereocenters. The molecule has 1 heterocycles. The SMILES string of the molecule is C[C@@H](O)COc1ccc(-c2ccc(NCCNC(=O)OC(C)(C)C)nc2)cc1. The van der Waals surface area contributed by atoms with Gasteiger partial charge in [0.05, 0.1) is 6.10 Å². The topological polar surface area (TPSA) is 92.7 Å². The summed E-state index contributed by atoms with van der Waals surface area (Å²) in [4.78, 5) is 16.0. The van der Waals surface area contributed by atoms with E-state index in [0.29, 0.717) is 18.8 Å². The number of nitrogens with one attached hydrogen (secondary N) is 2. The number of carbonyl (C=O) groups excluding carboxylic acids is 1. The van der Waals surface area contributed by atoms with Gasteiger partial charge in [0.15, 0.2) is 0 Å². The van der Waals surface area contributed by atoms with Gasteiger partial charge in [-0.1, -0.05) is 12.1 Å². The van der Waals surface area contributed by atoms with Gasteiger partial charge in [-0.3, -0.25) is 0 Å². The van der Waals surface area contributed by atoms with Crippen LogP contribution in [0.15, 0.2) is 42.6 Å². The molecule has 152 valence electrons. The Morgan fingerprint density at radius 3 is 2.36 bits per heavy atom. The number of ether oxygens (including phenoxy) is 2. The molecule has 1 atom stereocenters. The maximum atomic E-state index is 11.6. The highest BCUT2D eigenvalue weighted by molar-refractivity contribution is 5.67. The molecular formula is C21H29N3O4. The van der Waals surface area contributed by atoms with E-state index in [1.807, 2.05) is 57.2 Å². The maximum Gasteiger partial charge on any atom is 0.407 e. The van der Waals surface area contributed by atoms with Crippen LogP contribution in [-0.2, 0) is 4.74 Å². The molecule has 1 aromatic heterocycles. The summed E-state index contributed by atoms with van der Waals surface area (Å²) < 4.78 is 10.6. The number of anilines is 1. The first kappa shape index (κ1) is 21.5. The van der Waals surface area contributed by atoms with E-state index in [1.165, 1.54) is 0 Å². The van der Waals surface area contributed by atoms with Crippen molar-refractivity contribution in [2.75, 3.05) is 25.0 Å². The van der Waals surface area contributed by atoms with E-state index in [4.69, 9.17) is 9.47 Å². The smallest absolute Gasteiger partial charge is 0.407 e. The van der Waals surface area contributed by atoms with Gasteiger partial charge in [0, 0.05) is 24.8 Å². The molecule has 0 bridgehead atoms. The minimum atomic E-state index is -0.503. The normalized spacial score (nSPS) is 12.2. The number of aliphatic hydroxyl groups is 1. The number of pyridine rings is 1. The Morgan fingerprint density at radius 1 is 1.11 bits per heavy atom. The highest BCUT2D eigenvalue weighted by Crippen LogP contribution is 2.22. The van der Waals surface area contributed by atoms with E-state index >= 15 is 0 Å². The third-order valence-corrected chi connectivity index (χ3v) is 3.54. The molecule has 0 saturated heterocycles. The van der Waals surface area contributed by atoms with Gasteiger partial charge in [0.25, 0.3) is 0 Å². The van der Waals surface area contributed by atoms with Gasteiger partial charge in [0.2, 0.25) is 0 Å². The van der Waals surface area contributed by atoms with Crippen LogP contribution in [0.4, 0.5) is 10.6 Å². The van der Waals surface area contributed by atoms with Crippen molar-refractivity contribution in [3.8, 4) is 16.9 Å². The Bertz CT molecular complexity index is 738. The lowest BCUT2D eigenvalue weighted by molar-refractivity contribution is 0.0530. The fraction of sp³-hybridized carbons (Fsp3) is 0.429. The number of aromatic nitrogens is 1. The fourth-order valence-corrected chi connectivity index (χ4v) is 2.30. The Kier molecular flexibility index (Phi) is 7.63. The Labute approximate surface area is 166 Å². The standard InChI is InChI=1S/C21H29N3O4/c1-15(25)14-27-18-8-5-16(6-9-18)17-7-10-19(24-13-17)22-11-12-23-20(26)28-21(2,3)4/h5-10,13,15,25H,11-12,14H2,1-4H3,(H,22,24)(H,23,26)/t15-/m1/s1. The second kappa shape index (κ2) is 9.94. The van der Waals surface area contributed by atoms with Crippen LogP contribution in [0.5, 0.6) is 5.75 Å². The second-order valence-corrected chi connectivity index (χ2v) is 7.47. The molecule has 28 heavy (non-hydrogen) atoms. The quantitative estimate of drug-likeness (QED) is 0.601. The molecule has 0 fully saturated rings. The molecule has 2 rings (SSSR count). The van der Waals surface area contributed by atoms with Crippen LogP contribution < -0.4 is 15.4 Å². The highest BCUT2D eigenvalue weighted by atomic mass is 16.6. The Morgan fingerprint density at radius 2 is 1.79 bits per heavy atom. The number of hydrogen-bond donors (Lipinski definition) is 3. The number of alkyl carbamates (subject to hydrolysis) is 1. The summed E-state index contributed by atoms with van der Waals surface area (Å²) in [7, 11) is 0. The number of hydrogen-bond acceptors (Lipinski definition) is 6. The molecular weight excluding hydrogens is 358 g/mol. The molecule has 0 aliphatic carbocycles. The molecule has 0 aliphatic rings. The molecule has 0 radical (unpaired) electrons. The van der Waals surface area contributed by atoms with Gasteiger partial charge in [-0.15, -0.1) is 0 Å².